The van der Waals surface area contributed by atoms with Gasteiger partial charge in [-0.1, -0.05) is 6.07 Å². The minimum absolute atomic E-state index is 0.0433. The van der Waals surface area contributed by atoms with E-state index in [1.165, 1.54) is 0 Å². The first-order chi connectivity index (χ1) is 15.0. The highest BCUT2D eigenvalue weighted by atomic mass is 32.2. The quantitative estimate of drug-likeness (QED) is 0.661. The second-order valence-corrected chi connectivity index (χ2v) is 9.81. The number of amides is 1. The molecule has 3 aromatic rings. The molecule has 5 rings (SSSR count). The molecule has 0 bridgehead atoms. The van der Waals surface area contributed by atoms with E-state index in [-0.39, 0.29) is 5.91 Å². The van der Waals surface area contributed by atoms with E-state index >= 15 is 0 Å². The zero-order valence-electron chi connectivity index (χ0n) is 17.8. The highest BCUT2D eigenvalue weighted by Gasteiger charge is 2.34. The minimum atomic E-state index is -0.866. The maximum absolute atomic E-state index is 12.8. The second-order valence-electron chi connectivity index (χ2n) is 8.59. The summed E-state index contributed by atoms with van der Waals surface area (Å²) in [7, 11) is 0. The van der Waals surface area contributed by atoms with Crippen LogP contribution in [0.4, 0.5) is 0 Å². The van der Waals surface area contributed by atoms with Crippen molar-refractivity contribution in [2.24, 2.45) is 0 Å². The largest absolute Gasteiger partial charge is 0.465 e. The van der Waals surface area contributed by atoms with Crippen LogP contribution in [0.1, 0.15) is 40.5 Å². The fraction of sp³-hybridized carbons (Fsp3) is 0.458. The average molecular weight is 441 g/mol. The molecule has 0 atom stereocenters. The van der Waals surface area contributed by atoms with E-state index < -0.39 is 5.60 Å². The standard InChI is InChI=1S/C24H28N2O4S/c1-17-2-4-20(29-17)16-25-8-6-24(28,7-9-25)19-3-5-21-18(14-19)15-22(30-21)23(27)26-10-12-31-13-11-26/h2-5,14-15,28H,6-13,16H2,1H3. The summed E-state index contributed by atoms with van der Waals surface area (Å²) in [5.74, 6) is 4.17. The molecule has 2 aliphatic rings. The molecule has 164 valence electrons. The highest BCUT2D eigenvalue weighted by Crippen LogP contribution is 2.35. The number of thioether (sulfide) groups is 1. The lowest BCUT2D eigenvalue weighted by molar-refractivity contribution is -0.0288. The van der Waals surface area contributed by atoms with Gasteiger partial charge >= 0.3 is 0 Å². The van der Waals surface area contributed by atoms with Crippen LogP contribution in [-0.2, 0) is 12.1 Å². The van der Waals surface area contributed by atoms with Gasteiger partial charge in [0.25, 0.3) is 5.91 Å². The monoisotopic (exact) mass is 440 g/mol. The molecule has 0 spiro atoms. The van der Waals surface area contributed by atoms with Crippen molar-refractivity contribution in [1.82, 2.24) is 9.80 Å². The summed E-state index contributed by atoms with van der Waals surface area (Å²) >= 11 is 1.87. The molecular weight excluding hydrogens is 412 g/mol. The van der Waals surface area contributed by atoms with Crippen LogP contribution < -0.4 is 0 Å². The lowest BCUT2D eigenvalue weighted by Crippen LogP contribution is -2.42. The lowest BCUT2D eigenvalue weighted by atomic mass is 9.84. The molecule has 6 nitrogen and oxygen atoms in total. The zero-order chi connectivity index (χ0) is 21.4. The van der Waals surface area contributed by atoms with Crippen LogP contribution in [0.25, 0.3) is 11.0 Å². The van der Waals surface area contributed by atoms with Gasteiger partial charge in [0.2, 0.25) is 0 Å². The fourth-order valence-electron chi connectivity index (χ4n) is 4.52. The van der Waals surface area contributed by atoms with Crippen LogP contribution in [0.3, 0.4) is 0 Å². The van der Waals surface area contributed by atoms with E-state index in [9.17, 15) is 9.90 Å². The predicted molar refractivity (Wildman–Crippen MR) is 121 cm³/mol. The number of benzene rings is 1. The smallest absolute Gasteiger partial charge is 0.289 e. The molecule has 1 aromatic carbocycles. The Balaban J connectivity index is 1.29. The first-order valence-electron chi connectivity index (χ1n) is 10.9. The summed E-state index contributed by atoms with van der Waals surface area (Å²) in [6.07, 6.45) is 1.32. The van der Waals surface area contributed by atoms with Crippen molar-refractivity contribution in [3.05, 3.63) is 59.2 Å². The molecule has 0 saturated carbocycles. The normalized spacial score (nSPS) is 19.7. The van der Waals surface area contributed by atoms with Crippen LogP contribution in [0.2, 0.25) is 0 Å². The van der Waals surface area contributed by atoms with Crippen molar-refractivity contribution in [3.63, 3.8) is 0 Å². The predicted octanol–water partition coefficient (Wildman–Crippen LogP) is 4.01. The van der Waals surface area contributed by atoms with Gasteiger partial charge in [0.1, 0.15) is 17.1 Å². The molecule has 2 fully saturated rings. The Morgan fingerprint density at radius 2 is 1.84 bits per heavy atom. The van der Waals surface area contributed by atoms with Gasteiger partial charge < -0.3 is 18.8 Å². The number of carbonyl (C=O) groups excluding carboxylic acids is 1. The Bertz CT molecular complexity index is 1070. The lowest BCUT2D eigenvalue weighted by Gasteiger charge is -2.38. The summed E-state index contributed by atoms with van der Waals surface area (Å²) in [5, 5.41) is 12.2. The first-order valence-corrected chi connectivity index (χ1v) is 12.1. The first kappa shape index (κ1) is 20.7. The summed E-state index contributed by atoms with van der Waals surface area (Å²) in [5.41, 5.74) is 0.713. The van der Waals surface area contributed by atoms with E-state index in [2.05, 4.69) is 4.90 Å². The third-order valence-electron chi connectivity index (χ3n) is 6.42. The molecule has 0 unspecified atom stereocenters. The molecule has 31 heavy (non-hydrogen) atoms. The van der Waals surface area contributed by atoms with Gasteiger partial charge in [0.15, 0.2) is 5.76 Å². The van der Waals surface area contributed by atoms with Crippen LogP contribution in [-0.4, -0.2) is 58.5 Å². The summed E-state index contributed by atoms with van der Waals surface area (Å²) in [4.78, 5) is 16.9. The number of likely N-dealkylation sites (tertiary alicyclic amines) is 1. The van der Waals surface area contributed by atoms with Gasteiger partial charge in [-0.2, -0.15) is 11.8 Å². The number of piperidine rings is 1. The molecule has 2 aliphatic heterocycles. The van der Waals surface area contributed by atoms with Gasteiger partial charge in [-0.05, 0) is 55.7 Å². The van der Waals surface area contributed by atoms with Gasteiger partial charge in [-0.15, -0.1) is 0 Å². The van der Waals surface area contributed by atoms with Crippen LogP contribution >= 0.6 is 11.8 Å². The van der Waals surface area contributed by atoms with Gasteiger partial charge in [-0.25, -0.2) is 0 Å². The van der Waals surface area contributed by atoms with Gasteiger partial charge in [0, 0.05) is 43.1 Å². The van der Waals surface area contributed by atoms with Crippen LogP contribution in [0, 0.1) is 6.92 Å². The van der Waals surface area contributed by atoms with E-state index in [1.807, 2.05) is 60.0 Å². The molecule has 1 N–H and O–H groups in total. The van der Waals surface area contributed by atoms with E-state index in [1.54, 1.807) is 0 Å². The number of nitrogens with zero attached hydrogens (tertiary/aromatic N) is 2. The molecule has 2 aromatic heterocycles. The zero-order valence-corrected chi connectivity index (χ0v) is 18.6. The number of carbonyl (C=O) groups is 1. The SMILES string of the molecule is Cc1ccc(CN2CCC(O)(c3ccc4oc(C(=O)N5CCSCC5)cc4c3)CC2)o1. The molecule has 0 aliphatic carbocycles. The Hall–Kier alpha value is -2.22. The van der Waals surface area contributed by atoms with E-state index in [0.29, 0.717) is 24.2 Å². The number of hydrogen-bond donors (Lipinski definition) is 1. The van der Waals surface area contributed by atoms with Crippen LogP contribution in [0.15, 0.2) is 45.2 Å². The van der Waals surface area contributed by atoms with Crippen molar-refractivity contribution in [2.75, 3.05) is 37.7 Å². The fourth-order valence-corrected chi connectivity index (χ4v) is 5.42. The summed E-state index contributed by atoms with van der Waals surface area (Å²) in [6, 6.07) is 11.6. The molecular formula is C24H28N2O4S. The maximum Gasteiger partial charge on any atom is 0.289 e. The Kier molecular flexibility index (Phi) is 5.58. The maximum atomic E-state index is 12.8. The van der Waals surface area contributed by atoms with Crippen molar-refractivity contribution in [3.8, 4) is 0 Å². The Morgan fingerprint density at radius 1 is 1.06 bits per heavy atom. The topological polar surface area (TPSA) is 70.1 Å². The Labute approximate surface area is 186 Å². The van der Waals surface area contributed by atoms with Gasteiger partial charge in [-0.3, -0.25) is 9.69 Å². The third-order valence-corrected chi connectivity index (χ3v) is 7.36. The van der Waals surface area contributed by atoms with Crippen LogP contribution in [0.5, 0.6) is 0 Å². The molecule has 0 radical (unpaired) electrons. The minimum Gasteiger partial charge on any atom is -0.465 e. The summed E-state index contributed by atoms with van der Waals surface area (Å²) < 4.78 is 11.5. The van der Waals surface area contributed by atoms with Crippen molar-refractivity contribution in [2.45, 2.75) is 31.9 Å². The molecule has 4 heterocycles. The average Bonchev–Trinajstić information content (AvgIpc) is 3.41. The number of fused-ring (bicyclic) bond motifs is 1. The second kappa shape index (κ2) is 8.37. The van der Waals surface area contributed by atoms with Crippen molar-refractivity contribution < 1.29 is 18.7 Å². The highest BCUT2D eigenvalue weighted by molar-refractivity contribution is 7.99. The molecule has 1 amide bonds. The van der Waals surface area contributed by atoms with Crippen molar-refractivity contribution >= 4 is 28.6 Å². The number of furan rings is 2. The summed E-state index contributed by atoms with van der Waals surface area (Å²) in [6.45, 7) is 5.85. The number of aliphatic hydroxyl groups is 1. The van der Waals surface area contributed by atoms with Gasteiger partial charge in [0.05, 0.1) is 12.1 Å². The third kappa shape index (κ3) is 4.27. The number of rotatable bonds is 4. The number of aryl methyl sites for hydroxylation is 1. The van der Waals surface area contributed by atoms with E-state index in [4.69, 9.17) is 8.83 Å². The molecule has 7 heteroatoms. The van der Waals surface area contributed by atoms with Crippen molar-refractivity contribution in [1.29, 1.82) is 0 Å². The number of hydrogen-bond acceptors (Lipinski definition) is 6. The Morgan fingerprint density at radius 3 is 2.55 bits per heavy atom. The molecule has 2 saturated heterocycles. The van der Waals surface area contributed by atoms with E-state index in [0.717, 1.165) is 66.7 Å².